The molecule has 0 spiro atoms. The van der Waals surface area contributed by atoms with Gasteiger partial charge in [-0.05, 0) is 13.8 Å². The number of hydrogen-bond donors (Lipinski definition) is 1. The van der Waals surface area contributed by atoms with E-state index >= 15 is 0 Å². The largest absolute Gasteiger partial charge is 0.368 e. The lowest BCUT2D eigenvalue weighted by Gasteiger charge is -2.41. The van der Waals surface area contributed by atoms with E-state index in [0.29, 0.717) is 24.0 Å². The third-order valence-corrected chi connectivity index (χ3v) is 4.14. The number of piperazine rings is 1. The fourth-order valence-electron chi connectivity index (χ4n) is 2.22. The van der Waals surface area contributed by atoms with Crippen LogP contribution in [-0.4, -0.2) is 58.3 Å². The van der Waals surface area contributed by atoms with Gasteiger partial charge in [-0.2, -0.15) is 0 Å². The van der Waals surface area contributed by atoms with Gasteiger partial charge in [0.05, 0.1) is 11.7 Å². The third-order valence-electron chi connectivity index (χ3n) is 3.37. The normalized spacial score (nSPS) is 20.8. The van der Waals surface area contributed by atoms with Crippen molar-refractivity contribution in [1.82, 2.24) is 14.8 Å². The second-order valence-corrected chi connectivity index (χ2v) is 5.76. The maximum absolute atomic E-state index is 12.3. The molecule has 0 radical (unpaired) electrons. The predicted octanol–water partition coefficient (Wildman–Crippen LogP) is 0.163. The van der Waals surface area contributed by atoms with Crippen molar-refractivity contribution in [3.05, 3.63) is 16.6 Å². The first-order valence-electron chi connectivity index (χ1n) is 6.23. The zero-order valence-corrected chi connectivity index (χ0v) is 11.9. The average Bonchev–Trinajstić information content (AvgIpc) is 2.90. The lowest BCUT2D eigenvalue weighted by atomic mass is 10.1. The van der Waals surface area contributed by atoms with Crippen molar-refractivity contribution < 1.29 is 9.59 Å². The maximum atomic E-state index is 12.3. The van der Waals surface area contributed by atoms with Crippen molar-refractivity contribution in [3.63, 3.8) is 0 Å². The van der Waals surface area contributed by atoms with Gasteiger partial charge in [0.25, 0.3) is 5.91 Å². The van der Waals surface area contributed by atoms with Crippen LogP contribution in [0, 0.1) is 0 Å². The number of thiazole rings is 1. The van der Waals surface area contributed by atoms with Gasteiger partial charge < -0.3 is 10.6 Å². The number of aromatic nitrogens is 1. The Hall–Kier alpha value is -1.47. The highest BCUT2D eigenvalue weighted by Crippen LogP contribution is 2.17. The lowest BCUT2D eigenvalue weighted by Crippen LogP contribution is -2.60. The van der Waals surface area contributed by atoms with E-state index in [4.69, 9.17) is 5.73 Å². The highest BCUT2D eigenvalue weighted by atomic mass is 32.1. The zero-order chi connectivity index (χ0) is 14.0. The molecule has 1 aliphatic rings. The van der Waals surface area contributed by atoms with E-state index in [0.717, 1.165) is 6.54 Å². The number of nitrogens with two attached hydrogens (primary N) is 1. The molecule has 6 nitrogen and oxygen atoms in total. The summed E-state index contributed by atoms with van der Waals surface area (Å²) in [6, 6.07) is -0.228. The molecule has 1 aromatic heterocycles. The second kappa shape index (κ2) is 5.66. The molecule has 1 aromatic rings. The van der Waals surface area contributed by atoms with Crippen LogP contribution in [-0.2, 0) is 4.79 Å². The molecule has 0 saturated carbocycles. The number of amides is 2. The molecule has 0 bridgehead atoms. The van der Waals surface area contributed by atoms with E-state index in [9.17, 15) is 9.59 Å². The summed E-state index contributed by atoms with van der Waals surface area (Å²) in [5, 5.41) is 0. The summed E-state index contributed by atoms with van der Waals surface area (Å²) in [5.41, 5.74) is 7.05. The van der Waals surface area contributed by atoms with Gasteiger partial charge in [-0.15, -0.1) is 11.3 Å². The SMILES string of the molecule is CC(C)N1CCN(C(=O)c2cncs2)C(C(N)=O)C1. The smallest absolute Gasteiger partial charge is 0.266 e. The molecule has 0 aromatic carbocycles. The Morgan fingerprint density at radius 3 is 2.74 bits per heavy atom. The van der Waals surface area contributed by atoms with Gasteiger partial charge in [-0.1, -0.05) is 0 Å². The molecule has 2 heterocycles. The minimum absolute atomic E-state index is 0.158. The lowest BCUT2D eigenvalue weighted by molar-refractivity contribution is -0.124. The summed E-state index contributed by atoms with van der Waals surface area (Å²) in [4.78, 5) is 32.1. The Morgan fingerprint density at radius 1 is 1.47 bits per heavy atom. The standard InChI is InChI=1S/C12H18N4O2S/c1-8(2)15-3-4-16(9(6-15)11(13)17)12(18)10-5-14-7-19-10/h5,7-9H,3-4,6H2,1-2H3,(H2,13,17). The Kier molecular flexibility index (Phi) is 4.16. The molecule has 1 fully saturated rings. The minimum atomic E-state index is -0.564. The summed E-state index contributed by atoms with van der Waals surface area (Å²) in [7, 11) is 0. The van der Waals surface area contributed by atoms with Gasteiger partial charge in [-0.25, -0.2) is 0 Å². The van der Waals surface area contributed by atoms with Gasteiger partial charge in [0.2, 0.25) is 5.91 Å². The van der Waals surface area contributed by atoms with Crippen molar-refractivity contribution in [2.75, 3.05) is 19.6 Å². The molecular weight excluding hydrogens is 264 g/mol. The molecule has 2 amide bonds. The van der Waals surface area contributed by atoms with Crippen LogP contribution in [0.3, 0.4) is 0 Å². The number of carbonyl (C=O) groups is 2. The van der Waals surface area contributed by atoms with E-state index in [-0.39, 0.29) is 5.91 Å². The highest BCUT2D eigenvalue weighted by Gasteiger charge is 2.35. The molecule has 2 N–H and O–H groups in total. The van der Waals surface area contributed by atoms with Gasteiger partial charge in [0.1, 0.15) is 10.9 Å². The number of primary amides is 1. The number of rotatable bonds is 3. The topological polar surface area (TPSA) is 79.5 Å². The summed E-state index contributed by atoms with van der Waals surface area (Å²) in [5.74, 6) is -0.613. The first-order valence-corrected chi connectivity index (χ1v) is 7.11. The van der Waals surface area contributed by atoms with E-state index in [1.165, 1.54) is 17.5 Å². The number of nitrogens with zero attached hydrogens (tertiary/aromatic N) is 3. The van der Waals surface area contributed by atoms with Crippen LogP contribution in [0.15, 0.2) is 11.7 Å². The highest BCUT2D eigenvalue weighted by molar-refractivity contribution is 7.11. The summed E-state index contributed by atoms with van der Waals surface area (Å²) < 4.78 is 0. The number of carbonyl (C=O) groups excluding carboxylic acids is 2. The fourth-order valence-corrected chi connectivity index (χ4v) is 2.80. The second-order valence-electron chi connectivity index (χ2n) is 4.87. The van der Waals surface area contributed by atoms with Crippen LogP contribution in [0.5, 0.6) is 0 Å². The van der Waals surface area contributed by atoms with Crippen LogP contribution in [0.2, 0.25) is 0 Å². The van der Waals surface area contributed by atoms with Gasteiger partial charge in [0, 0.05) is 25.7 Å². The molecular formula is C12H18N4O2S. The molecule has 2 rings (SSSR count). The molecule has 19 heavy (non-hydrogen) atoms. The molecule has 104 valence electrons. The summed E-state index contributed by atoms with van der Waals surface area (Å²) in [6.45, 7) is 5.91. The molecule has 1 atom stereocenters. The Balaban J connectivity index is 2.16. The van der Waals surface area contributed by atoms with Crippen LogP contribution >= 0.6 is 11.3 Å². The average molecular weight is 282 g/mol. The van der Waals surface area contributed by atoms with Crippen molar-refractivity contribution in [3.8, 4) is 0 Å². The Morgan fingerprint density at radius 2 is 2.21 bits per heavy atom. The summed E-state index contributed by atoms with van der Waals surface area (Å²) in [6.07, 6.45) is 1.53. The van der Waals surface area contributed by atoms with E-state index < -0.39 is 11.9 Å². The van der Waals surface area contributed by atoms with E-state index in [1.54, 1.807) is 10.4 Å². The third kappa shape index (κ3) is 2.93. The van der Waals surface area contributed by atoms with Crippen LogP contribution in [0.4, 0.5) is 0 Å². The maximum Gasteiger partial charge on any atom is 0.266 e. The van der Waals surface area contributed by atoms with Gasteiger partial charge in [0.15, 0.2) is 0 Å². The Labute approximate surface area is 116 Å². The van der Waals surface area contributed by atoms with Crippen molar-refractivity contribution in [2.24, 2.45) is 5.73 Å². The van der Waals surface area contributed by atoms with Crippen LogP contribution < -0.4 is 5.73 Å². The van der Waals surface area contributed by atoms with Crippen molar-refractivity contribution >= 4 is 23.2 Å². The number of hydrogen-bond acceptors (Lipinski definition) is 5. The Bertz CT molecular complexity index is 460. The van der Waals surface area contributed by atoms with Crippen molar-refractivity contribution in [1.29, 1.82) is 0 Å². The minimum Gasteiger partial charge on any atom is -0.368 e. The van der Waals surface area contributed by atoms with Crippen molar-refractivity contribution in [2.45, 2.75) is 25.9 Å². The molecule has 0 aliphatic carbocycles. The zero-order valence-electron chi connectivity index (χ0n) is 11.1. The summed E-state index contributed by atoms with van der Waals surface area (Å²) >= 11 is 1.28. The molecule has 7 heteroatoms. The first-order chi connectivity index (χ1) is 9.00. The molecule has 1 unspecified atom stereocenters. The fraction of sp³-hybridized carbons (Fsp3) is 0.583. The van der Waals surface area contributed by atoms with Gasteiger partial charge >= 0.3 is 0 Å². The van der Waals surface area contributed by atoms with Gasteiger partial charge in [-0.3, -0.25) is 19.5 Å². The monoisotopic (exact) mass is 282 g/mol. The molecule has 1 aliphatic heterocycles. The molecule has 1 saturated heterocycles. The van der Waals surface area contributed by atoms with Crippen LogP contribution in [0.1, 0.15) is 23.5 Å². The quantitative estimate of drug-likeness (QED) is 0.856. The van der Waals surface area contributed by atoms with Crippen LogP contribution in [0.25, 0.3) is 0 Å². The van der Waals surface area contributed by atoms with E-state index in [1.807, 2.05) is 0 Å². The van der Waals surface area contributed by atoms with E-state index in [2.05, 4.69) is 23.7 Å². The first kappa shape index (κ1) is 14.0. The predicted molar refractivity (Wildman–Crippen MR) is 72.8 cm³/mol.